The number of aryl methyl sites for hydroxylation is 1. The van der Waals surface area contributed by atoms with Crippen LogP contribution in [0.3, 0.4) is 0 Å². The monoisotopic (exact) mass is 491 g/mol. The number of unbranched alkanes of at least 4 members (excludes halogenated alkanes) is 1. The molecule has 0 spiro atoms. The molecule has 1 saturated carbocycles. The first-order valence-corrected chi connectivity index (χ1v) is 13.2. The number of anilines is 1. The van der Waals surface area contributed by atoms with Crippen LogP contribution in [0, 0.1) is 11.6 Å². The summed E-state index contributed by atoms with van der Waals surface area (Å²) in [5.74, 6) is -0.0692. The molecule has 0 aliphatic heterocycles. The zero-order valence-corrected chi connectivity index (χ0v) is 21.8. The average molecular weight is 492 g/mol. The van der Waals surface area contributed by atoms with Crippen molar-refractivity contribution in [1.29, 1.82) is 0 Å². The Morgan fingerprint density at radius 3 is 2.33 bits per heavy atom. The Labute approximate surface area is 214 Å². The van der Waals surface area contributed by atoms with E-state index in [2.05, 4.69) is 60.7 Å². The minimum atomic E-state index is -0.503. The Hall–Kier alpha value is -2.79. The van der Waals surface area contributed by atoms with Crippen molar-refractivity contribution >= 4 is 5.82 Å². The van der Waals surface area contributed by atoms with E-state index in [0.717, 1.165) is 62.5 Å². The van der Waals surface area contributed by atoms with Gasteiger partial charge in [-0.3, -0.25) is 0 Å². The largest absolute Gasteiger partial charge is 0.367 e. The quantitative estimate of drug-likeness (QED) is 0.304. The second-order valence-corrected chi connectivity index (χ2v) is 11.2. The minimum absolute atomic E-state index is 0.0749. The topological polar surface area (TPSA) is 37.0 Å². The zero-order chi connectivity index (χ0) is 25.6. The number of hydrogen-bond donors (Lipinski definition) is 2. The second kappa shape index (κ2) is 11.5. The fraction of sp³-hybridized carbons (Fsp3) is 0.452. The van der Waals surface area contributed by atoms with Crippen LogP contribution < -0.4 is 10.6 Å². The molecule has 1 aliphatic carbocycles. The Bertz CT molecular complexity index is 1100. The molecule has 1 aromatic heterocycles. The third-order valence-corrected chi connectivity index (χ3v) is 7.42. The van der Waals surface area contributed by atoms with Crippen molar-refractivity contribution in [2.24, 2.45) is 0 Å². The number of aromatic nitrogens is 1. The molecule has 3 nitrogen and oxygen atoms in total. The summed E-state index contributed by atoms with van der Waals surface area (Å²) >= 11 is 0. The lowest BCUT2D eigenvalue weighted by molar-refractivity contribution is 0.222. The SMILES string of the molecule is CC(C)(C)c1cccc(C2(NCCCCc3cc(F)cc(F)c3)CCC(Nc3ccccn3)CC2)c1. The molecule has 0 bridgehead atoms. The lowest BCUT2D eigenvalue weighted by Gasteiger charge is -2.42. The molecule has 2 N–H and O–H groups in total. The standard InChI is InChI=1S/C31H39F2N3/c1-30(2,3)24-10-8-11-25(21-24)31(15-13-28(14-16-31)36-29-12-5-6-17-34-29)35-18-7-4-9-23-19-26(32)22-27(33)20-23/h5-6,8,10-12,17,19-22,28,35H,4,7,9,13-16,18H2,1-3H3,(H,34,36). The molecule has 0 saturated heterocycles. The predicted octanol–water partition coefficient (Wildman–Crippen LogP) is 7.52. The first kappa shape index (κ1) is 26.3. The van der Waals surface area contributed by atoms with Crippen molar-refractivity contribution in [2.45, 2.75) is 82.7 Å². The van der Waals surface area contributed by atoms with Crippen LogP contribution in [0.15, 0.2) is 66.9 Å². The van der Waals surface area contributed by atoms with Crippen molar-refractivity contribution in [3.63, 3.8) is 0 Å². The summed E-state index contributed by atoms with van der Waals surface area (Å²) in [5.41, 5.74) is 3.45. The molecule has 4 rings (SSSR count). The van der Waals surface area contributed by atoms with Crippen molar-refractivity contribution in [2.75, 3.05) is 11.9 Å². The van der Waals surface area contributed by atoms with Gasteiger partial charge in [-0.1, -0.05) is 51.1 Å². The van der Waals surface area contributed by atoms with Gasteiger partial charge in [-0.2, -0.15) is 0 Å². The summed E-state index contributed by atoms with van der Waals surface area (Å²) in [6, 6.07) is 19.3. The molecular weight excluding hydrogens is 452 g/mol. The van der Waals surface area contributed by atoms with Crippen LogP contribution in [0.4, 0.5) is 14.6 Å². The Morgan fingerprint density at radius 2 is 1.67 bits per heavy atom. The highest BCUT2D eigenvalue weighted by molar-refractivity contribution is 5.37. The van der Waals surface area contributed by atoms with Gasteiger partial charge in [0.15, 0.2) is 0 Å². The molecule has 0 radical (unpaired) electrons. The van der Waals surface area contributed by atoms with Crippen molar-refractivity contribution < 1.29 is 8.78 Å². The predicted molar refractivity (Wildman–Crippen MR) is 144 cm³/mol. The summed E-state index contributed by atoms with van der Waals surface area (Å²) in [5, 5.41) is 7.54. The van der Waals surface area contributed by atoms with E-state index in [1.807, 2.05) is 24.4 Å². The second-order valence-electron chi connectivity index (χ2n) is 11.2. The zero-order valence-electron chi connectivity index (χ0n) is 21.8. The van der Waals surface area contributed by atoms with Crippen LogP contribution >= 0.6 is 0 Å². The molecule has 36 heavy (non-hydrogen) atoms. The number of hydrogen-bond acceptors (Lipinski definition) is 3. The van der Waals surface area contributed by atoms with E-state index in [0.29, 0.717) is 12.5 Å². The molecule has 5 heteroatoms. The Kier molecular flexibility index (Phi) is 8.40. The van der Waals surface area contributed by atoms with Crippen molar-refractivity contribution in [3.05, 3.63) is 95.2 Å². The lowest BCUT2D eigenvalue weighted by Crippen LogP contribution is -2.47. The van der Waals surface area contributed by atoms with Crippen LogP contribution in [0.25, 0.3) is 0 Å². The molecule has 2 aromatic carbocycles. The maximum atomic E-state index is 13.5. The number of halogens is 2. The van der Waals surface area contributed by atoms with E-state index < -0.39 is 11.6 Å². The number of benzene rings is 2. The van der Waals surface area contributed by atoms with Crippen LogP contribution in [0.1, 0.15) is 76.0 Å². The molecule has 0 atom stereocenters. The summed E-state index contributed by atoms with van der Waals surface area (Å²) in [6.45, 7) is 7.65. The normalized spacial score (nSPS) is 20.3. The Balaban J connectivity index is 1.42. The lowest BCUT2D eigenvalue weighted by atomic mass is 9.73. The van der Waals surface area contributed by atoms with Gasteiger partial charge < -0.3 is 10.6 Å². The van der Waals surface area contributed by atoms with Gasteiger partial charge in [-0.15, -0.1) is 0 Å². The molecule has 0 unspecified atom stereocenters. The van der Waals surface area contributed by atoms with Gasteiger partial charge in [0.1, 0.15) is 17.5 Å². The van der Waals surface area contributed by atoms with Crippen molar-refractivity contribution in [1.82, 2.24) is 10.3 Å². The number of nitrogens with one attached hydrogen (secondary N) is 2. The highest BCUT2D eigenvalue weighted by Crippen LogP contribution is 2.39. The molecule has 0 amide bonds. The molecule has 3 aromatic rings. The first-order valence-electron chi connectivity index (χ1n) is 13.2. The number of rotatable bonds is 9. The molecule has 192 valence electrons. The fourth-order valence-corrected chi connectivity index (χ4v) is 5.30. The number of pyridine rings is 1. The summed E-state index contributed by atoms with van der Waals surface area (Å²) < 4.78 is 27.0. The van der Waals surface area contributed by atoms with Gasteiger partial charge in [0.2, 0.25) is 0 Å². The Morgan fingerprint density at radius 1 is 0.917 bits per heavy atom. The summed E-state index contributed by atoms with van der Waals surface area (Å²) in [7, 11) is 0. The molecule has 1 fully saturated rings. The fourth-order valence-electron chi connectivity index (χ4n) is 5.30. The van der Waals surface area contributed by atoms with Gasteiger partial charge in [0.25, 0.3) is 0 Å². The maximum Gasteiger partial charge on any atom is 0.126 e. The van der Waals surface area contributed by atoms with E-state index in [1.165, 1.54) is 23.3 Å². The third kappa shape index (κ3) is 6.91. The van der Waals surface area contributed by atoms with Gasteiger partial charge in [-0.25, -0.2) is 13.8 Å². The smallest absolute Gasteiger partial charge is 0.126 e. The van der Waals surface area contributed by atoms with E-state index in [9.17, 15) is 8.78 Å². The van der Waals surface area contributed by atoms with Gasteiger partial charge in [-0.05, 0) is 97.9 Å². The van der Waals surface area contributed by atoms with Crippen molar-refractivity contribution in [3.8, 4) is 0 Å². The minimum Gasteiger partial charge on any atom is -0.367 e. The van der Waals surface area contributed by atoms with E-state index in [4.69, 9.17) is 0 Å². The van der Waals surface area contributed by atoms with E-state index in [1.54, 1.807) is 0 Å². The maximum absolute atomic E-state index is 13.5. The van der Waals surface area contributed by atoms with Gasteiger partial charge in [0.05, 0.1) is 0 Å². The average Bonchev–Trinajstić information content (AvgIpc) is 2.85. The van der Waals surface area contributed by atoms with E-state index >= 15 is 0 Å². The highest BCUT2D eigenvalue weighted by Gasteiger charge is 2.37. The van der Waals surface area contributed by atoms with Crippen LogP contribution in [-0.4, -0.2) is 17.6 Å². The summed E-state index contributed by atoms with van der Waals surface area (Å²) in [6.07, 6.45) is 8.55. The first-order chi connectivity index (χ1) is 17.2. The molecule has 1 aliphatic rings. The van der Waals surface area contributed by atoms with E-state index in [-0.39, 0.29) is 11.0 Å². The molecule has 1 heterocycles. The van der Waals surface area contributed by atoms with Crippen LogP contribution in [-0.2, 0) is 17.4 Å². The molecular formula is C31H39F2N3. The van der Waals surface area contributed by atoms with Crippen LogP contribution in [0.2, 0.25) is 0 Å². The number of nitrogens with zero attached hydrogens (tertiary/aromatic N) is 1. The van der Waals surface area contributed by atoms with Crippen LogP contribution in [0.5, 0.6) is 0 Å². The summed E-state index contributed by atoms with van der Waals surface area (Å²) in [4.78, 5) is 4.44. The van der Waals surface area contributed by atoms with Gasteiger partial charge in [0, 0.05) is 23.8 Å². The highest BCUT2D eigenvalue weighted by atomic mass is 19.1. The third-order valence-electron chi connectivity index (χ3n) is 7.42. The van der Waals surface area contributed by atoms with Gasteiger partial charge >= 0.3 is 0 Å².